The van der Waals surface area contributed by atoms with Crippen molar-refractivity contribution in [3.63, 3.8) is 0 Å². The van der Waals surface area contributed by atoms with E-state index < -0.39 is 15.5 Å². The molecule has 0 aliphatic heterocycles. The number of alkyl halides is 3. The Morgan fingerprint density at radius 1 is 1.12 bits per heavy atom. The molecular weight excluding hydrogens is 463 g/mol. The van der Waals surface area contributed by atoms with Crippen molar-refractivity contribution in [3.05, 3.63) is 66.1 Å². The summed E-state index contributed by atoms with van der Waals surface area (Å²) in [5.41, 5.74) is -3.80. The van der Waals surface area contributed by atoms with Crippen LogP contribution in [0, 0.1) is 0 Å². The third kappa shape index (κ3) is 4.82. The molecule has 0 radical (unpaired) electrons. The highest BCUT2D eigenvalue weighted by molar-refractivity contribution is 7.93. The van der Waals surface area contributed by atoms with E-state index >= 15 is 0 Å². The minimum atomic E-state index is -5.48. The molecule has 0 atom stereocenters. The maximum atomic E-state index is 12.7. The van der Waals surface area contributed by atoms with Crippen molar-refractivity contribution in [1.82, 2.24) is 20.3 Å². The molecule has 3 heterocycles. The number of sulfonamides is 1. The molecule has 33 heavy (non-hydrogen) atoms. The van der Waals surface area contributed by atoms with E-state index in [1.165, 1.54) is 41.4 Å². The lowest BCUT2D eigenvalue weighted by atomic mass is 10.1. The Labute approximate surface area is 185 Å². The largest absolute Gasteiger partial charge is 0.516 e. The van der Waals surface area contributed by atoms with Gasteiger partial charge in [-0.05, 0) is 42.3 Å². The molecule has 9 nitrogen and oxygen atoms in total. The van der Waals surface area contributed by atoms with Gasteiger partial charge in [0.1, 0.15) is 0 Å². The first-order valence-corrected chi connectivity index (χ1v) is 11.0. The van der Waals surface area contributed by atoms with Crippen LogP contribution in [0.15, 0.2) is 59.3 Å². The Morgan fingerprint density at radius 2 is 1.88 bits per heavy atom. The molecular formula is C20H16F3N5O4S. The standard InChI is InChI=1S/C20H16F3N5O4S/c21-20(22,23)33(30,31)28-13-5-3-12(4-6-13)7-9-25-19(29)14-8-10-24-18-16(14)26-17(27-18)15-2-1-11-32-15/h1-6,8,10-11,28H,7,9H2,(H,25,29)(H,24,26,27). The molecule has 0 aliphatic rings. The number of furan rings is 1. The summed E-state index contributed by atoms with van der Waals surface area (Å²) in [6.45, 7) is 0.232. The van der Waals surface area contributed by atoms with E-state index in [9.17, 15) is 26.4 Å². The zero-order valence-corrected chi connectivity index (χ0v) is 17.5. The molecule has 0 saturated heterocycles. The highest BCUT2D eigenvalue weighted by Crippen LogP contribution is 2.25. The Morgan fingerprint density at radius 3 is 2.55 bits per heavy atom. The van der Waals surface area contributed by atoms with Gasteiger partial charge in [0.25, 0.3) is 5.91 Å². The predicted octanol–water partition coefficient (Wildman–Crippen LogP) is 3.45. The number of carbonyl (C=O) groups is 1. The van der Waals surface area contributed by atoms with Gasteiger partial charge in [0.15, 0.2) is 17.2 Å². The van der Waals surface area contributed by atoms with Gasteiger partial charge < -0.3 is 14.7 Å². The number of amides is 1. The second kappa shape index (κ2) is 8.58. The molecule has 172 valence electrons. The van der Waals surface area contributed by atoms with Crippen molar-refractivity contribution in [2.24, 2.45) is 0 Å². The molecule has 13 heteroatoms. The quantitative estimate of drug-likeness (QED) is 0.372. The maximum Gasteiger partial charge on any atom is 0.516 e. The SMILES string of the molecule is O=C(NCCc1ccc(NS(=O)(=O)C(F)(F)F)cc1)c1ccnc2nc(-c3ccco3)[nH]c12. The van der Waals surface area contributed by atoms with Crippen LogP contribution in [0.1, 0.15) is 15.9 Å². The van der Waals surface area contributed by atoms with Gasteiger partial charge in [-0.1, -0.05) is 12.1 Å². The fraction of sp³-hybridized carbons (Fsp3) is 0.150. The van der Waals surface area contributed by atoms with E-state index in [-0.39, 0.29) is 18.1 Å². The summed E-state index contributed by atoms with van der Waals surface area (Å²) in [5.74, 6) is 0.566. The van der Waals surface area contributed by atoms with E-state index in [1.807, 2.05) is 0 Å². The van der Waals surface area contributed by atoms with Gasteiger partial charge >= 0.3 is 15.5 Å². The zero-order valence-electron chi connectivity index (χ0n) is 16.7. The average Bonchev–Trinajstić information content (AvgIpc) is 3.43. The number of rotatable bonds is 7. The molecule has 0 saturated carbocycles. The van der Waals surface area contributed by atoms with Crippen molar-refractivity contribution in [1.29, 1.82) is 0 Å². The summed E-state index contributed by atoms with van der Waals surface area (Å²) in [4.78, 5) is 24.1. The van der Waals surface area contributed by atoms with Crippen LogP contribution in [0.3, 0.4) is 0 Å². The monoisotopic (exact) mass is 479 g/mol. The lowest BCUT2D eigenvalue weighted by Crippen LogP contribution is -2.29. The predicted molar refractivity (Wildman–Crippen MR) is 113 cm³/mol. The second-order valence-electron chi connectivity index (χ2n) is 6.87. The summed E-state index contributed by atoms with van der Waals surface area (Å²) in [6.07, 6.45) is 3.33. The first-order valence-electron chi connectivity index (χ1n) is 9.49. The number of H-pyrrole nitrogens is 1. The van der Waals surface area contributed by atoms with E-state index in [2.05, 4.69) is 20.3 Å². The normalized spacial score (nSPS) is 12.1. The molecule has 1 amide bonds. The Balaban J connectivity index is 1.38. The molecule has 0 unspecified atom stereocenters. The van der Waals surface area contributed by atoms with Crippen LogP contribution in [0.4, 0.5) is 18.9 Å². The fourth-order valence-corrected chi connectivity index (χ4v) is 3.56. The lowest BCUT2D eigenvalue weighted by molar-refractivity contribution is -0.0429. The van der Waals surface area contributed by atoms with Crippen molar-refractivity contribution in [3.8, 4) is 11.6 Å². The third-order valence-electron chi connectivity index (χ3n) is 4.60. The second-order valence-corrected chi connectivity index (χ2v) is 8.55. The summed E-state index contributed by atoms with van der Waals surface area (Å²) < 4.78 is 66.4. The molecule has 3 N–H and O–H groups in total. The summed E-state index contributed by atoms with van der Waals surface area (Å²) in [5, 5.41) is 2.76. The molecule has 0 bridgehead atoms. The Kier molecular flexibility index (Phi) is 5.80. The molecule has 4 aromatic rings. The van der Waals surface area contributed by atoms with Gasteiger partial charge in [0.2, 0.25) is 0 Å². The minimum Gasteiger partial charge on any atom is -0.461 e. The van der Waals surface area contributed by atoms with Crippen LogP contribution in [0.5, 0.6) is 0 Å². The smallest absolute Gasteiger partial charge is 0.461 e. The highest BCUT2D eigenvalue weighted by atomic mass is 32.2. The summed E-state index contributed by atoms with van der Waals surface area (Å²) in [7, 11) is -5.48. The molecule has 3 aromatic heterocycles. The minimum absolute atomic E-state index is 0.217. The summed E-state index contributed by atoms with van der Waals surface area (Å²) in [6, 6.07) is 10.3. The fourth-order valence-electron chi connectivity index (χ4n) is 3.00. The molecule has 0 aliphatic carbocycles. The molecule has 4 rings (SSSR count). The number of anilines is 1. The zero-order chi connectivity index (χ0) is 23.6. The van der Waals surface area contributed by atoms with Crippen molar-refractivity contribution < 1.29 is 30.8 Å². The number of aromatic nitrogens is 3. The molecule has 1 aromatic carbocycles. The van der Waals surface area contributed by atoms with E-state index in [0.717, 1.165) is 0 Å². The van der Waals surface area contributed by atoms with E-state index in [1.54, 1.807) is 18.2 Å². The van der Waals surface area contributed by atoms with Crippen LogP contribution in [0.25, 0.3) is 22.7 Å². The number of nitrogens with one attached hydrogen (secondary N) is 3. The highest BCUT2D eigenvalue weighted by Gasteiger charge is 2.46. The van der Waals surface area contributed by atoms with Gasteiger partial charge in [-0.3, -0.25) is 9.52 Å². The number of benzene rings is 1. The lowest BCUT2D eigenvalue weighted by Gasteiger charge is -2.11. The number of hydrogen-bond acceptors (Lipinski definition) is 6. The first-order chi connectivity index (χ1) is 15.6. The van der Waals surface area contributed by atoms with Gasteiger partial charge in [0, 0.05) is 18.4 Å². The van der Waals surface area contributed by atoms with Crippen molar-refractivity contribution >= 4 is 32.8 Å². The number of nitrogens with zero attached hydrogens (tertiary/aromatic N) is 2. The van der Waals surface area contributed by atoms with Crippen LogP contribution in [-0.4, -0.2) is 41.3 Å². The van der Waals surface area contributed by atoms with Crippen molar-refractivity contribution in [2.45, 2.75) is 11.9 Å². The number of halogens is 3. The van der Waals surface area contributed by atoms with Gasteiger partial charge in [-0.15, -0.1) is 0 Å². The first kappa shape index (κ1) is 22.3. The topological polar surface area (TPSA) is 130 Å². The van der Waals surface area contributed by atoms with Crippen LogP contribution >= 0.6 is 0 Å². The van der Waals surface area contributed by atoms with Crippen LogP contribution in [-0.2, 0) is 16.4 Å². The molecule has 0 spiro atoms. The van der Waals surface area contributed by atoms with Crippen molar-refractivity contribution in [2.75, 3.05) is 11.3 Å². The number of pyridine rings is 1. The van der Waals surface area contributed by atoms with Gasteiger partial charge in [0.05, 0.1) is 17.3 Å². The molecule has 0 fully saturated rings. The van der Waals surface area contributed by atoms with E-state index in [4.69, 9.17) is 4.42 Å². The van der Waals surface area contributed by atoms with Gasteiger partial charge in [-0.2, -0.15) is 21.6 Å². The summed E-state index contributed by atoms with van der Waals surface area (Å²) >= 11 is 0. The van der Waals surface area contributed by atoms with Crippen LogP contribution in [0.2, 0.25) is 0 Å². The van der Waals surface area contributed by atoms with Gasteiger partial charge in [-0.25, -0.2) is 9.97 Å². The maximum absolute atomic E-state index is 12.7. The number of imidazole rings is 1. The third-order valence-corrected chi connectivity index (χ3v) is 5.72. The van der Waals surface area contributed by atoms with Crippen LogP contribution < -0.4 is 10.0 Å². The number of carbonyl (C=O) groups excluding carboxylic acids is 1. The number of hydrogen-bond donors (Lipinski definition) is 3. The Hall–Kier alpha value is -3.87. The number of aromatic amines is 1. The Bertz CT molecular complexity index is 1380. The average molecular weight is 479 g/mol. The number of fused-ring (bicyclic) bond motifs is 1. The van der Waals surface area contributed by atoms with E-state index in [0.29, 0.717) is 40.3 Å².